The third-order valence-electron chi connectivity index (χ3n) is 4.53. The van der Waals surface area contributed by atoms with Crippen molar-refractivity contribution in [3.63, 3.8) is 0 Å². The lowest BCUT2D eigenvalue weighted by Crippen LogP contribution is -2.50. The van der Waals surface area contributed by atoms with Gasteiger partial charge in [-0.25, -0.2) is 8.42 Å². The molecular formula is C14H26N2O5S. The average Bonchev–Trinajstić information content (AvgIpc) is 2.45. The van der Waals surface area contributed by atoms with Gasteiger partial charge in [-0.05, 0) is 45.8 Å². The van der Waals surface area contributed by atoms with Gasteiger partial charge in [0.2, 0.25) is 5.91 Å². The van der Waals surface area contributed by atoms with Crippen LogP contribution in [0.3, 0.4) is 0 Å². The number of carbonyl (C=O) groups is 2. The normalized spacial score (nSPS) is 24.6. The molecule has 8 heteroatoms. The SMILES string of the molecule is CN1CCC(C)(C(=O)NC2CCS(=O)(=O)CC2)CC1.O=CO. The number of likely N-dealkylation sites (tertiary alicyclic amines) is 1. The topological polar surface area (TPSA) is 104 Å². The number of carbonyl (C=O) groups excluding carboxylic acids is 1. The Balaban J connectivity index is 0.000000745. The molecule has 2 fully saturated rings. The van der Waals surface area contributed by atoms with Crippen molar-refractivity contribution in [2.24, 2.45) is 5.41 Å². The van der Waals surface area contributed by atoms with E-state index in [4.69, 9.17) is 9.90 Å². The van der Waals surface area contributed by atoms with E-state index in [9.17, 15) is 13.2 Å². The molecule has 2 heterocycles. The predicted octanol–water partition coefficient (Wildman–Crippen LogP) is 0.113. The monoisotopic (exact) mass is 334 g/mol. The third kappa shape index (κ3) is 5.57. The summed E-state index contributed by atoms with van der Waals surface area (Å²) in [5, 5.41) is 9.95. The van der Waals surface area contributed by atoms with Crippen LogP contribution in [-0.4, -0.2) is 68.5 Å². The number of piperidine rings is 1. The predicted molar refractivity (Wildman–Crippen MR) is 83.3 cm³/mol. The van der Waals surface area contributed by atoms with Gasteiger partial charge >= 0.3 is 0 Å². The lowest BCUT2D eigenvalue weighted by atomic mass is 9.79. The summed E-state index contributed by atoms with van der Waals surface area (Å²) in [6.45, 7) is 3.67. The van der Waals surface area contributed by atoms with Gasteiger partial charge in [-0.2, -0.15) is 0 Å². The van der Waals surface area contributed by atoms with E-state index in [1.54, 1.807) is 0 Å². The largest absolute Gasteiger partial charge is 0.483 e. The summed E-state index contributed by atoms with van der Waals surface area (Å²) in [4.78, 5) is 23.0. The summed E-state index contributed by atoms with van der Waals surface area (Å²) in [6, 6.07) is 0.0347. The first-order chi connectivity index (χ1) is 10.2. The van der Waals surface area contributed by atoms with Crippen molar-refractivity contribution in [1.82, 2.24) is 10.2 Å². The van der Waals surface area contributed by atoms with Gasteiger partial charge in [-0.3, -0.25) is 9.59 Å². The molecule has 0 saturated carbocycles. The Bertz CT molecular complexity index is 469. The minimum absolute atomic E-state index is 0.0347. The van der Waals surface area contributed by atoms with Crippen LogP contribution in [0.25, 0.3) is 0 Å². The summed E-state index contributed by atoms with van der Waals surface area (Å²) in [5.74, 6) is 0.513. The van der Waals surface area contributed by atoms with Crippen molar-refractivity contribution in [1.29, 1.82) is 0 Å². The zero-order valence-corrected chi connectivity index (χ0v) is 14.1. The fraction of sp³-hybridized carbons (Fsp3) is 0.857. The number of hydrogen-bond acceptors (Lipinski definition) is 5. The number of rotatable bonds is 2. The van der Waals surface area contributed by atoms with Gasteiger partial charge in [-0.15, -0.1) is 0 Å². The van der Waals surface area contributed by atoms with Crippen LogP contribution in [0.15, 0.2) is 0 Å². The van der Waals surface area contributed by atoms with E-state index >= 15 is 0 Å². The Labute approximate surface area is 132 Å². The quantitative estimate of drug-likeness (QED) is 0.695. The first-order valence-electron chi connectivity index (χ1n) is 7.50. The summed E-state index contributed by atoms with van der Waals surface area (Å²) in [6.07, 6.45) is 2.87. The Hall–Kier alpha value is -1.15. The van der Waals surface area contributed by atoms with Gasteiger partial charge in [0.25, 0.3) is 6.47 Å². The molecule has 22 heavy (non-hydrogen) atoms. The summed E-state index contributed by atoms with van der Waals surface area (Å²) >= 11 is 0. The molecule has 128 valence electrons. The highest BCUT2D eigenvalue weighted by molar-refractivity contribution is 7.91. The molecule has 2 rings (SSSR count). The fourth-order valence-corrected chi connectivity index (χ4v) is 4.22. The Kier molecular flexibility index (Phi) is 6.80. The fourth-order valence-electron chi connectivity index (χ4n) is 2.73. The van der Waals surface area contributed by atoms with Gasteiger partial charge in [0, 0.05) is 11.5 Å². The first-order valence-corrected chi connectivity index (χ1v) is 9.32. The Morgan fingerprint density at radius 2 is 1.73 bits per heavy atom. The molecular weight excluding hydrogens is 308 g/mol. The molecule has 2 saturated heterocycles. The summed E-state index contributed by atoms with van der Waals surface area (Å²) < 4.78 is 22.7. The maximum atomic E-state index is 12.4. The molecule has 2 N–H and O–H groups in total. The second-order valence-corrected chi connectivity index (χ2v) is 8.67. The van der Waals surface area contributed by atoms with Gasteiger partial charge in [0.05, 0.1) is 11.5 Å². The van der Waals surface area contributed by atoms with Gasteiger partial charge in [0.1, 0.15) is 9.84 Å². The molecule has 0 aromatic rings. The van der Waals surface area contributed by atoms with E-state index in [-0.39, 0.29) is 35.3 Å². The first kappa shape index (κ1) is 18.9. The molecule has 1 amide bonds. The molecule has 0 aliphatic carbocycles. The van der Waals surface area contributed by atoms with Crippen molar-refractivity contribution in [2.45, 2.75) is 38.6 Å². The van der Waals surface area contributed by atoms with Crippen molar-refractivity contribution >= 4 is 22.2 Å². The van der Waals surface area contributed by atoms with Crippen molar-refractivity contribution in [2.75, 3.05) is 31.6 Å². The van der Waals surface area contributed by atoms with Crippen LogP contribution in [0.2, 0.25) is 0 Å². The maximum absolute atomic E-state index is 12.4. The Morgan fingerprint density at radius 3 is 2.18 bits per heavy atom. The lowest BCUT2D eigenvalue weighted by Gasteiger charge is -2.38. The van der Waals surface area contributed by atoms with Crippen molar-refractivity contribution < 1.29 is 23.1 Å². The number of nitrogens with one attached hydrogen (secondary N) is 1. The zero-order chi connectivity index (χ0) is 16.8. The number of hydrogen-bond donors (Lipinski definition) is 2. The van der Waals surface area contributed by atoms with E-state index in [0.717, 1.165) is 25.9 Å². The third-order valence-corrected chi connectivity index (χ3v) is 6.24. The number of carboxylic acid groups (broad SMARTS) is 1. The molecule has 0 aromatic carbocycles. The van der Waals surface area contributed by atoms with E-state index in [2.05, 4.69) is 17.3 Å². The van der Waals surface area contributed by atoms with Crippen LogP contribution >= 0.6 is 0 Å². The van der Waals surface area contributed by atoms with E-state index in [1.165, 1.54) is 0 Å². The second-order valence-electron chi connectivity index (χ2n) is 6.37. The molecule has 0 aromatic heterocycles. The minimum atomic E-state index is -2.86. The standard InChI is InChI=1S/C13H24N2O3S.CH2O2/c1-13(5-7-15(2)8-6-13)12(16)14-11-3-9-19(17,18)10-4-11;2-1-3/h11H,3-10H2,1-2H3,(H,14,16);1H,(H,2,3). The molecule has 2 aliphatic heterocycles. The van der Waals surface area contributed by atoms with Crippen LogP contribution in [0, 0.1) is 5.41 Å². The lowest BCUT2D eigenvalue weighted by molar-refractivity contribution is -0.133. The molecule has 0 radical (unpaired) electrons. The average molecular weight is 334 g/mol. The summed E-state index contributed by atoms with van der Waals surface area (Å²) in [5.41, 5.74) is -0.289. The highest BCUT2D eigenvalue weighted by Gasteiger charge is 2.37. The highest BCUT2D eigenvalue weighted by atomic mass is 32.2. The maximum Gasteiger partial charge on any atom is 0.290 e. The van der Waals surface area contributed by atoms with E-state index < -0.39 is 9.84 Å². The van der Waals surface area contributed by atoms with Crippen LogP contribution in [-0.2, 0) is 19.4 Å². The number of sulfone groups is 1. The van der Waals surface area contributed by atoms with Gasteiger partial charge in [0.15, 0.2) is 0 Å². The molecule has 2 aliphatic rings. The van der Waals surface area contributed by atoms with Crippen LogP contribution in [0.1, 0.15) is 32.6 Å². The van der Waals surface area contributed by atoms with E-state index in [1.807, 2.05) is 6.92 Å². The van der Waals surface area contributed by atoms with Crippen LogP contribution in [0.5, 0.6) is 0 Å². The smallest absolute Gasteiger partial charge is 0.290 e. The van der Waals surface area contributed by atoms with Crippen LogP contribution < -0.4 is 5.32 Å². The molecule has 0 unspecified atom stereocenters. The molecule has 0 bridgehead atoms. The molecule has 0 atom stereocenters. The molecule has 7 nitrogen and oxygen atoms in total. The van der Waals surface area contributed by atoms with Crippen molar-refractivity contribution in [3.8, 4) is 0 Å². The van der Waals surface area contributed by atoms with Crippen LogP contribution in [0.4, 0.5) is 0 Å². The van der Waals surface area contributed by atoms with Crippen molar-refractivity contribution in [3.05, 3.63) is 0 Å². The summed E-state index contributed by atoms with van der Waals surface area (Å²) in [7, 11) is -0.784. The Morgan fingerprint density at radius 1 is 1.27 bits per heavy atom. The highest BCUT2D eigenvalue weighted by Crippen LogP contribution is 2.31. The van der Waals surface area contributed by atoms with E-state index in [0.29, 0.717) is 12.8 Å². The number of nitrogens with zero attached hydrogens (tertiary/aromatic N) is 1. The van der Waals surface area contributed by atoms with Gasteiger partial charge in [-0.1, -0.05) is 6.92 Å². The minimum Gasteiger partial charge on any atom is -0.483 e. The second kappa shape index (κ2) is 7.92. The number of amides is 1. The zero-order valence-electron chi connectivity index (χ0n) is 13.2. The van der Waals surface area contributed by atoms with Gasteiger partial charge < -0.3 is 15.3 Å². The molecule has 0 spiro atoms.